The molecule has 1 aliphatic rings. The number of hydrogen-bond acceptors (Lipinski definition) is 1. The van der Waals surface area contributed by atoms with Crippen molar-refractivity contribution in [2.45, 2.75) is 77.3 Å². The predicted octanol–water partition coefficient (Wildman–Crippen LogP) is 3.49. The van der Waals surface area contributed by atoms with Crippen LogP contribution in [0.5, 0.6) is 0 Å². The van der Waals surface area contributed by atoms with Gasteiger partial charge in [0.05, 0.1) is 0 Å². The largest absolute Gasteiger partial charge is 0.311 e. The predicted molar refractivity (Wildman–Crippen MR) is 59.0 cm³/mol. The molecular weight excluding hydrogens is 158 g/mol. The Balaban J connectivity index is 2.13. The van der Waals surface area contributed by atoms with Gasteiger partial charge in [-0.25, -0.2) is 0 Å². The fraction of sp³-hybridized carbons (Fsp3) is 1.00. The molecule has 0 spiro atoms. The third kappa shape index (κ3) is 4.12. The molecule has 1 nitrogen and oxygen atoms in total. The highest BCUT2D eigenvalue weighted by Gasteiger charge is 2.17. The van der Waals surface area contributed by atoms with Crippen LogP contribution in [-0.4, -0.2) is 12.1 Å². The van der Waals surface area contributed by atoms with Gasteiger partial charge in [0.15, 0.2) is 0 Å². The highest BCUT2D eigenvalue weighted by Crippen LogP contribution is 2.19. The Kier molecular flexibility index (Phi) is 5.45. The summed E-state index contributed by atoms with van der Waals surface area (Å²) in [5.41, 5.74) is 0. The zero-order valence-corrected chi connectivity index (χ0v) is 9.31. The van der Waals surface area contributed by atoms with Crippen LogP contribution in [0.15, 0.2) is 0 Å². The van der Waals surface area contributed by atoms with Gasteiger partial charge in [0, 0.05) is 12.1 Å². The first kappa shape index (κ1) is 11.0. The average Bonchev–Trinajstić information content (AvgIpc) is 2.64. The maximum absolute atomic E-state index is 3.80. The van der Waals surface area contributed by atoms with Crippen LogP contribution in [-0.2, 0) is 0 Å². The first-order valence-electron chi connectivity index (χ1n) is 6.12. The smallest absolute Gasteiger partial charge is 0.00696 e. The Labute approximate surface area is 83.3 Å². The molecule has 0 radical (unpaired) electrons. The molecule has 0 heterocycles. The highest BCUT2D eigenvalue weighted by atomic mass is 14.9. The number of unbranched alkanes of at least 4 members (excludes halogenated alkanes) is 1. The topological polar surface area (TPSA) is 12.0 Å². The third-order valence-electron chi connectivity index (χ3n) is 3.23. The van der Waals surface area contributed by atoms with Crippen molar-refractivity contribution in [2.75, 3.05) is 0 Å². The van der Waals surface area contributed by atoms with Gasteiger partial charge in [-0.3, -0.25) is 0 Å². The summed E-state index contributed by atoms with van der Waals surface area (Å²) < 4.78 is 0. The molecule has 78 valence electrons. The Morgan fingerprint density at radius 3 is 2.46 bits per heavy atom. The molecule has 1 fully saturated rings. The van der Waals surface area contributed by atoms with Gasteiger partial charge in [0.25, 0.3) is 0 Å². The van der Waals surface area contributed by atoms with E-state index in [9.17, 15) is 0 Å². The van der Waals surface area contributed by atoms with Crippen LogP contribution in [0.1, 0.15) is 65.2 Å². The number of rotatable bonds is 6. The molecule has 0 bridgehead atoms. The quantitative estimate of drug-likeness (QED) is 0.664. The van der Waals surface area contributed by atoms with E-state index in [1.165, 1.54) is 51.4 Å². The minimum atomic E-state index is 0.794. The summed E-state index contributed by atoms with van der Waals surface area (Å²) >= 11 is 0. The average molecular weight is 183 g/mol. The van der Waals surface area contributed by atoms with Gasteiger partial charge in [-0.2, -0.15) is 0 Å². The molecular formula is C12H25N. The van der Waals surface area contributed by atoms with Crippen molar-refractivity contribution in [3.05, 3.63) is 0 Å². The summed E-state index contributed by atoms with van der Waals surface area (Å²) in [6.07, 6.45) is 11.1. The van der Waals surface area contributed by atoms with E-state index in [0.29, 0.717) is 0 Å². The lowest BCUT2D eigenvalue weighted by Crippen LogP contribution is -2.36. The van der Waals surface area contributed by atoms with Crippen molar-refractivity contribution in [3.8, 4) is 0 Å². The van der Waals surface area contributed by atoms with Crippen molar-refractivity contribution in [3.63, 3.8) is 0 Å². The lowest BCUT2D eigenvalue weighted by Gasteiger charge is -2.21. The Bertz CT molecular complexity index is 116. The second-order valence-corrected chi connectivity index (χ2v) is 4.40. The van der Waals surface area contributed by atoms with Crippen molar-refractivity contribution >= 4 is 0 Å². The molecule has 1 rings (SSSR count). The molecule has 1 heteroatoms. The van der Waals surface area contributed by atoms with E-state index in [4.69, 9.17) is 0 Å². The van der Waals surface area contributed by atoms with Gasteiger partial charge >= 0.3 is 0 Å². The second kappa shape index (κ2) is 6.42. The van der Waals surface area contributed by atoms with Gasteiger partial charge < -0.3 is 5.32 Å². The van der Waals surface area contributed by atoms with Gasteiger partial charge in [-0.15, -0.1) is 0 Å². The Hall–Kier alpha value is -0.0400. The first-order valence-corrected chi connectivity index (χ1v) is 6.12. The van der Waals surface area contributed by atoms with Crippen LogP contribution in [0, 0.1) is 0 Å². The summed E-state index contributed by atoms with van der Waals surface area (Å²) in [5, 5.41) is 3.80. The molecule has 0 amide bonds. The zero-order valence-electron chi connectivity index (χ0n) is 9.31. The molecule has 1 saturated carbocycles. The van der Waals surface area contributed by atoms with Gasteiger partial charge in [-0.1, -0.05) is 39.5 Å². The molecule has 13 heavy (non-hydrogen) atoms. The van der Waals surface area contributed by atoms with E-state index in [1.807, 2.05) is 0 Å². The molecule has 0 aromatic rings. The third-order valence-corrected chi connectivity index (χ3v) is 3.23. The van der Waals surface area contributed by atoms with E-state index in [1.54, 1.807) is 0 Å². The highest BCUT2D eigenvalue weighted by molar-refractivity contribution is 4.77. The van der Waals surface area contributed by atoms with Crippen LogP contribution >= 0.6 is 0 Å². The van der Waals surface area contributed by atoms with Crippen molar-refractivity contribution in [2.24, 2.45) is 0 Å². The van der Waals surface area contributed by atoms with Crippen molar-refractivity contribution in [1.82, 2.24) is 5.32 Å². The van der Waals surface area contributed by atoms with Crippen LogP contribution in [0.4, 0.5) is 0 Å². The summed E-state index contributed by atoms with van der Waals surface area (Å²) in [4.78, 5) is 0. The molecule has 0 saturated heterocycles. The second-order valence-electron chi connectivity index (χ2n) is 4.40. The summed E-state index contributed by atoms with van der Waals surface area (Å²) in [5.74, 6) is 0. The van der Waals surface area contributed by atoms with E-state index in [2.05, 4.69) is 19.2 Å². The van der Waals surface area contributed by atoms with Gasteiger partial charge in [0.1, 0.15) is 0 Å². The van der Waals surface area contributed by atoms with E-state index < -0.39 is 0 Å². The molecule has 0 aliphatic heterocycles. The number of hydrogen-bond donors (Lipinski definition) is 1. The fourth-order valence-corrected chi connectivity index (χ4v) is 2.28. The lowest BCUT2D eigenvalue weighted by molar-refractivity contribution is 0.392. The molecule has 1 unspecified atom stereocenters. The molecule has 1 atom stereocenters. The van der Waals surface area contributed by atoms with Crippen molar-refractivity contribution < 1.29 is 0 Å². The van der Waals surface area contributed by atoms with E-state index >= 15 is 0 Å². The minimum absolute atomic E-state index is 0.794. The molecule has 0 aromatic heterocycles. The normalized spacial score (nSPS) is 20.8. The van der Waals surface area contributed by atoms with Crippen LogP contribution in [0.2, 0.25) is 0 Å². The maximum atomic E-state index is 3.80. The van der Waals surface area contributed by atoms with Crippen LogP contribution in [0.25, 0.3) is 0 Å². The summed E-state index contributed by atoms with van der Waals surface area (Å²) in [6.45, 7) is 4.59. The van der Waals surface area contributed by atoms with Gasteiger partial charge in [-0.05, 0) is 25.7 Å². The number of nitrogens with one attached hydrogen (secondary N) is 1. The maximum Gasteiger partial charge on any atom is 0.00696 e. The summed E-state index contributed by atoms with van der Waals surface area (Å²) in [6, 6.07) is 1.64. The lowest BCUT2D eigenvalue weighted by atomic mass is 10.1. The van der Waals surface area contributed by atoms with E-state index in [-0.39, 0.29) is 0 Å². The fourth-order valence-electron chi connectivity index (χ4n) is 2.28. The SMILES string of the molecule is CCCCC(CC)NC1CCCC1. The van der Waals surface area contributed by atoms with E-state index in [0.717, 1.165) is 12.1 Å². The molecule has 0 aromatic carbocycles. The zero-order chi connectivity index (χ0) is 9.52. The Morgan fingerprint density at radius 2 is 1.92 bits per heavy atom. The van der Waals surface area contributed by atoms with Crippen LogP contribution < -0.4 is 5.32 Å². The summed E-state index contributed by atoms with van der Waals surface area (Å²) in [7, 11) is 0. The van der Waals surface area contributed by atoms with Crippen molar-refractivity contribution in [1.29, 1.82) is 0 Å². The standard InChI is InChI=1S/C12H25N/c1-3-5-8-11(4-2)13-12-9-6-7-10-12/h11-13H,3-10H2,1-2H3. The van der Waals surface area contributed by atoms with Crippen LogP contribution in [0.3, 0.4) is 0 Å². The minimum Gasteiger partial charge on any atom is -0.311 e. The Morgan fingerprint density at radius 1 is 1.23 bits per heavy atom. The molecule has 1 N–H and O–H groups in total. The molecule has 1 aliphatic carbocycles. The monoisotopic (exact) mass is 183 g/mol. The first-order chi connectivity index (χ1) is 6.36. The van der Waals surface area contributed by atoms with Gasteiger partial charge in [0.2, 0.25) is 0 Å².